The molecule has 0 bridgehead atoms. The molecule has 1 unspecified atom stereocenters. The number of phenols is 1. The fourth-order valence-corrected chi connectivity index (χ4v) is 7.13. The summed E-state index contributed by atoms with van der Waals surface area (Å²) >= 11 is 6.88. The molecule has 0 saturated heterocycles. The third-order valence-corrected chi connectivity index (χ3v) is 9.82. The van der Waals surface area contributed by atoms with Crippen LogP contribution in [0, 0.1) is 34.0 Å². The summed E-state index contributed by atoms with van der Waals surface area (Å²) in [6, 6.07) is 37.9. The number of ether oxygens (including phenoxy) is 5. The number of carbonyl (C=O) groups is 1. The third kappa shape index (κ3) is 12.6. The van der Waals surface area contributed by atoms with Gasteiger partial charge < -0.3 is 34.5 Å². The van der Waals surface area contributed by atoms with Gasteiger partial charge in [-0.05, 0) is 107 Å². The lowest BCUT2D eigenvalue weighted by molar-refractivity contribution is 0.112. The fraction of sp³-hybridized carbons (Fsp3) is 0.143. The van der Waals surface area contributed by atoms with Gasteiger partial charge in [0.05, 0.1) is 41.2 Å². The molecule has 316 valence electrons. The van der Waals surface area contributed by atoms with Gasteiger partial charge in [-0.25, -0.2) is 0 Å². The molecule has 0 aliphatic carbocycles. The zero-order valence-corrected chi connectivity index (χ0v) is 36.4. The lowest BCUT2D eigenvalue weighted by Crippen LogP contribution is -2.21. The van der Waals surface area contributed by atoms with Gasteiger partial charge in [-0.3, -0.25) is 4.79 Å². The number of allylic oxidation sites excluding steroid dienone is 1. The number of phenolic OH excluding ortho intramolecular Hbond substituents is 1. The number of hydrogen-bond donors (Lipinski definition) is 2. The first kappa shape index (κ1) is 49.1. The van der Waals surface area contributed by atoms with E-state index in [1.54, 1.807) is 55.7 Å². The number of nitrogens with two attached hydrogens (primary N) is 1. The van der Waals surface area contributed by atoms with Crippen molar-refractivity contribution in [3.8, 4) is 52.7 Å². The van der Waals surface area contributed by atoms with Crippen molar-refractivity contribution in [3.63, 3.8) is 0 Å². The Balaban J connectivity index is 0.000000265. The number of rotatable bonds is 10. The second-order valence-corrected chi connectivity index (χ2v) is 14.3. The molecule has 7 rings (SSSR count). The molecular formula is C49H44Br2N4O7. The summed E-state index contributed by atoms with van der Waals surface area (Å²) in [7, 11) is 3.10. The van der Waals surface area contributed by atoms with Crippen molar-refractivity contribution in [1.29, 1.82) is 15.8 Å². The van der Waals surface area contributed by atoms with Crippen molar-refractivity contribution in [3.05, 3.63) is 166 Å². The average molecular weight is 961 g/mol. The molecule has 0 fully saturated rings. The van der Waals surface area contributed by atoms with Crippen LogP contribution in [0.3, 0.4) is 0 Å². The summed E-state index contributed by atoms with van der Waals surface area (Å²) < 4.78 is 29.0. The fourth-order valence-electron chi connectivity index (χ4n) is 5.98. The minimum absolute atomic E-state index is 0. The standard InChI is InChI=1S/C24H19BrN2O3.C11H11BrO3.C10H8O.C3H2N2.CH4/c1-3-8-29-23-19(25)10-16(12-21(23)28-2)22-17-9-14-6-4-5-7-15(14)11-20(17)30-24(27)18(22)13-26;1-3-4-15-11-9(12)5-8(7-13)6-10(11)14-2;11-10-6-5-8-3-1-2-4-9(8)7-10;4-2-1-3-5;/h3-7,9-12,22H,1,8,27H2,2H3;3,5-7H,1,4H2,2H3;1-7,11H;1H2;1H4. The Kier molecular flexibility index (Phi) is 19.6. The molecule has 13 heteroatoms. The van der Waals surface area contributed by atoms with Crippen LogP contribution in [0.1, 0.15) is 41.3 Å². The van der Waals surface area contributed by atoms with E-state index < -0.39 is 5.92 Å². The molecule has 1 aliphatic heterocycles. The summed E-state index contributed by atoms with van der Waals surface area (Å²) in [5, 5.41) is 38.5. The summed E-state index contributed by atoms with van der Waals surface area (Å²) in [4.78, 5) is 10.6. The van der Waals surface area contributed by atoms with Crippen molar-refractivity contribution < 1.29 is 33.6 Å². The highest BCUT2D eigenvalue weighted by Gasteiger charge is 2.32. The highest BCUT2D eigenvalue weighted by atomic mass is 79.9. The third-order valence-electron chi connectivity index (χ3n) is 8.64. The van der Waals surface area contributed by atoms with Crippen LogP contribution < -0.4 is 29.4 Å². The summed E-state index contributed by atoms with van der Waals surface area (Å²) in [5.74, 6) is 2.87. The Morgan fingerprint density at radius 3 is 1.81 bits per heavy atom. The van der Waals surface area contributed by atoms with Gasteiger partial charge in [0.15, 0.2) is 23.0 Å². The number of aldehydes is 1. The molecule has 1 atom stereocenters. The van der Waals surface area contributed by atoms with Crippen LogP contribution in [-0.4, -0.2) is 38.8 Å². The number of halogens is 2. The Bertz CT molecular complexity index is 2690. The Morgan fingerprint density at radius 1 is 0.758 bits per heavy atom. The van der Waals surface area contributed by atoms with E-state index in [0.717, 1.165) is 39.0 Å². The molecule has 1 heterocycles. The predicted octanol–water partition coefficient (Wildman–Crippen LogP) is 11.8. The number of methoxy groups -OCH3 is 2. The van der Waals surface area contributed by atoms with Gasteiger partial charge in [-0.1, -0.05) is 87.3 Å². The molecule has 0 amide bonds. The molecule has 3 N–H and O–H groups in total. The monoisotopic (exact) mass is 958 g/mol. The summed E-state index contributed by atoms with van der Waals surface area (Å²) in [6.07, 6.45) is 4.06. The maximum absolute atomic E-state index is 10.6. The van der Waals surface area contributed by atoms with Crippen molar-refractivity contribution in [2.75, 3.05) is 27.4 Å². The maximum Gasteiger partial charge on any atom is 0.205 e. The van der Waals surface area contributed by atoms with Crippen molar-refractivity contribution in [1.82, 2.24) is 0 Å². The lowest BCUT2D eigenvalue weighted by Gasteiger charge is -2.27. The first-order chi connectivity index (χ1) is 29.6. The van der Waals surface area contributed by atoms with E-state index in [-0.39, 0.29) is 19.7 Å². The number of carbonyl (C=O) groups excluding carboxylic acids is 1. The van der Waals surface area contributed by atoms with E-state index in [2.05, 4.69) is 51.1 Å². The molecule has 0 spiro atoms. The van der Waals surface area contributed by atoms with Crippen LogP contribution in [0.15, 0.2) is 149 Å². The summed E-state index contributed by atoms with van der Waals surface area (Å²) in [5.41, 5.74) is 8.73. The second kappa shape index (κ2) is 24.7. The summed E-state index contributed by atoms with van der Waals surface area (Å²) in [6.45, 7) is 7.97. The van der Waals surface area contributed by atoms with E-state index in [0.29, 0.717) is 67.8 Å². The first-order valence-electron chi connectivity index (χ1n) is 18.3. The number of aromatic hydroxyl groups is 1. The number of hydrogen-bond acceptors (Lipinski definition) is 11. The van der Waals surface area contributed by atoms with Gasteiger partial charge in [0, 0.05) is 11.1 Å². The molecule has 62 heavy (non-hydrogen) atoms. The van der Waals surface area contributed by atoms with Crippen LogP contribution in [0.4, 0.5) is 0 Å². The number of fused-ring (bicyclic) bond motifs is 3. The topological polar surface area (TPSA) is 181 Å². The number of nitrogens with zero attached hydrogens (tertiary/aromatic N) is 3. The van der Waals surface area contributed by atoms with E-state index >= 15 is 0 Å². The SMILES string of the molecule is C.C=CCOc1c(Br)cc(C2C(C#N)=C(N)Oc3cc4ccccc4cc32)cc1OC.C=CCOc1c(Br)cc(C=O)cc1OC.N#CCC#N.Oc1ccc2ccccc2c1. The number of nitriles is 3. The van der Waals surface area contributed by atoms with Gasteiger partial charge in [0.2, 0.25) is 5.88 Å². The van der Waals surface area contributed by atoms with Crippen LogP contribution in [0.25, 0.3) is 21.5 Å². The van der Waals surface area contributed by atoms with E-state index in [1.807, 2.05) is 78.9 Å². The van der Waals surface area contributed by atoms with Crippen LogP contribution in [-0.2, 0) is 0 Å². The van der Waals surface area contributed by atoms with Gasteiger partial charge in [-0.2, -0.15) is 15.8 Å². The Hall–Kier alpha value is -7.24. The molecule has 1 aliphatic rings. The smallest absolute Gasteiger partial charge is 0.205 e. The molecule has 6 aromatic carbocycles. The van der Waals surface area contributed by atoms with E-state index in [9.17, 15) is 10.1 Å². The minimum atomic E-state index is -0.401. The van der Waals surface area contributed by atoms with Gasteiger partial charge in [0.25, 0.3) is 0 Å². The Labute approximate surface area is 378 Å². The van der Waals surface area contributed by atoms with Gasteiger partial charge >= 0.3 is 0 Å². The van der Waals surface area contributed by atoms with Crippen molar-refractivity contribution in [2.45, 2.75) is 19.8 Å². The molecular weight excluding hydrogens is 916 g/mol. The molecule has 0 aromatic heterocycles. The molecule has 6 aromatic rings. The quantitative estimate of drug-likeness (QED) is 0.0985. The molecule has 0 radical (unpaired) electrons. The number of benzene rings is 6. The lowest BCUT2D eigenvalue weighted by atomic mass is 9.82. The van der Waals surface area contributed by atoms with Crippen LogP contribution in [0.5, 0.6) is 34.5 Å². The van der Waals surface area contributed by atoms with E-state index in [4.69, 9.17) is 45.0 Å². The second-order valence-electron chi connectivity index (χ2n) is 12.6. The maximum atomic E-state index is 10.6. The largest absolute Gasteiger partial charge is 0.508 e. The zero-order valence-electron chi connectivity index (χ0n) is 33.2. The van der Waals surface area contributed by atoms with Gasteiger partial charge in [0.1, 0.15) is 49.1 Å². The van der Waals surface area contributed by atoms with Crippen molar-refractivity contribution >= 4 is 59.7 Å². The normalized spacial score (nSPS) is 11.8. The Morgan fingerprint density at radius 2 is 1.29 bits per heavy atom. The highest BCUT2D eigenvalue weighted by molar-refractivity contribution is 9.11. The van der Waals surface area contributed by atoms with Gasteiger partial charge in [-0.15, -0.1) is 0 Å². The first-order valence-corrected chi connectivity index (χ1v) is 19.9. The zero-order chi connectivity index (χ0) is 44.3. The van der Waals surface area contributed by atoms with Crippen LogP contribution in [0.2, 0.25) is 0 Å². The minimum Gasteiger partial charge on any atom is -0.508 e. The molecule has 0 saturated carbocycles. The molecule has 11 nitrogen and oxygen atoms in total. The predicted molar refractivity (Wildman–Crippen MR) is 250 cm³/mol. The average Bonchev–Trinajstić information content (AvgIpc) is 3.27. The van der Waals surface area contributed by atoms with Crippen molar-refractivity contribution in [2.24, 2.45) is 5.73 Å². The van der Waals surface area contributed by atoms with Crippen LogP contribution >= 0.6 is 31.9 Å². The van der Waals surface area contributed by atoms with E-state index in [1.165, 1.54) is 7.11 Å². The highest BCUT2D eigenvalue weighted by Crippen LogP contribution is 2.47.